The number of nitrogens with one attached hydrogen (secondary N) is 2. The lowest BCUT2D eigenvalue weighted by Crippen LogP contribution is -2.16. The summed E-state index contributed by atoms with van der Waals surface area (Å²) in [5, 5.41) is 0. The van der Waals surface area contributed by atoms with Gasteiger partial charge in [0.15, 0.2) is 0 Å². The van der Waals surface area contributed by atoms with Crippen molar-refractivity contribution in [2.75, 3.05) is 14.1 Å². The van der Waals surface area contributed by atoms with E-state index in [2.05, 4.69) is 20.2 Å². The van der Waals surface area contributed by atoms with E-state index in [1.54, 1.807) is 24.3 Å². The van der Waals surface area contributed by atoms with Gasteiger partial charge in [-0.1, -0.05) is 18.2 Å². The van der Waals surface area contributed by atoms with E-state index in [4.69, 9.17) is 4.52 Å². The molecule has 0 aromatic heterocycles. The minimum Gasteiger partial charge on any atom is -0.402 e. The van der Waals surface area contributed by atoms with Gasteiger partial charge < -0.3 is 4.52 Å². The summed E-state index contributed by atoms with van der Waals surface area (Å²) in [6.07, 6.45) is 0. The Morgan fingerprint density at radius 3 is 2.07 bits per heavy atom. The van der Waals surface area contributed by atoms with Crippen LogP contribution in [0, 0.1) is 0 Å². The lowest BCUT2D eigenvalue weighted by molar-refractivity contribution is 0.0837. The Morgan fingerprint density at radius 1 is 1.07 bits per heavy atom. The first-order valence-electron chi connectivity index (χ1n) is 4.25. The van der Waals surface area contributed by atoms with Crippen LogP contribution in [0.15, 0.2) is 30.3 Å². The Labute approximate surface area is 88.1 Å². The molecule has 0 amide bonds. The van der Waals surface area contributed by atoms with Crippen LogP contribution < -0.4 is 15.5 Å². The van der Waals surface area contributed by atoms with Gasteiger partial charge in [-0.25, -0.2) is 4.57 Å². The molecule has 0 saturated heterocycles. The minimum absolute atomic E-state index is 0.395. The quantitative estimate of drug-likeness (QED) is 0.572. The fraction of sp³-hybridized carbons (Fsp3) is 0.250. The molecule has 0 saturated carbocycles. The maximum absolute atomic E-state index is 11.8. The summed E-state index contributed by atoms with van der Waals surface area (Å²) in [5.74, 6) is 0.395. The molecule has 15 heavy (non-hydrogen) atoms. The van der Waals surface area contributed by atoms with Crippen molar-refractivity contribution >= 4 is 7.82 Å². The highest BCUT2D eigenvalue weighted by atomic mass is 31.2. The van der Waals surface area contributed by atoms with E-state index in [-0.39, 0.29) is 0 Å². The van der Waals surface area contributed by atoms with Crippen LogP contribution in [0.1, 0.15) is 0 Å². The monoisotopic (exact) mass is 232 g/mol. The number of rotatable bonds is 6. The zero-order chi connectivity index (χ0) is 11.1. The zero-order valence-electron chi connectivity index (χ0n) is 8.47. The molecule has 0 bridgehead atoms. The molecule has 1 aromatic carbocycles. The second kappa shape index (κ2) is 5.85. The summed E-state index contributed by atoms with van der Waals surface area (Å²) < 4.78 is 26.2. The molecule has 2 N–H and O–H groups in total. The van der Waals surface area contributed by atoms with Crippen LogP contribution in [0.3, 0.4) is 0 Å². The molecule has 7 heteroatoms. The molecule has 0 heterocycles. The molecule has 0 fully saturated rings. The normalized spacial score (nSPS) is 11.3. The molecule has 6 nitrogen and oxygen atoms in total. The van der Waals surface area contributed by atoms with Gasteiger partial charge in [-0.2, -0.15) is 20.2 Å². The van der Waals surface area contributed by atoms with Gasteiger partial charge in [-0.05, 0) is 12.1 Å². The van der Waals surface area contributed by atoms with Crippen molar-refractivity contribution in [1.82, 2.24) is 11.0 Å². The van der Waals surface area contributed by atoms with Crippen molar-refractivity contribution in [3.8, 4) is 5.75 Å². The van der Waals surface area contributed by atoms with Crippen molar-refractivity contribution < 1.29 is 18.3 Å². The van der Waals surface area contributed by atoms with Gasteiger partial charge in [0, 0.05) is 14.1 Å². The third-order valence-corrected chi connectivity index (χ3v) is 2.61. The van der Waals surface area contributed by atoms with Gasteiger partial charge in [0.1, 0.15) is 5.75 Å². The fourth-order valence-corrected chi connectivity index (χ4v) is 1.83. The number of hydrogen-bond acceptors (Lipinski definition) is 6. The van der Waals surface area contributed by atoms with Gasteiger partial charge in [-0.15, -0.1) is 0 Å². The summed E-state index contributed by atoms with van der Waals surface area (Å²) in [4.78, 5) is 0. The molecule has 0 radical (unpaired) electrons. The molecule has 0 aliphatic rings. The molecule has 1 rings (SSSR count). The molecule has 0 aliphatic carbocycles. The Morgan fingerprint density at radius 2 is 1.60 bits per heavy atom. The number of benzene rings is 1. The van der Waals surface area contributed by atoms with Crippen molar-refractivity contribution in [3.63, 3.8) is 0 Å². The summed E-state index contributed by atoms with van der Waals surface area (Å²) in [5.41, 5.74) is 4.52. The van der Waals surface area contributed by atoms with E-state index in [0.717, 1.165) is 0 Å². The Balaban J connectivity index is 2.71. The highest BCUT2D eigenvalue weighted by Gasteiger charge is 2.28. The summed E-state index contributed by atoms with van der Waals surface area (Å²) in [6.45, 7) is 0. The van der Waals surface area contributed by atoms with E-state index < -0.39 is 7.82 Å². The predicted octanol–water partition coefficient (Wildman–Crippen LogP) is 1.48. The number of para-hydroxylation sites is 1. The van der Waals surface area contributed by atoms with Crippen LogP contribution in [0.5, 0.6) is 5.75 Å². The molecule has 84 valence electrons. The van der Waals surface area contributed by atoms with Crippen LogP contribution in [-0.4, -0.2) is 14.1 Å². The van der Waals surface area contributed by atoms with Crippen molar-refractivity contribution in [3.05, 3.63) is 30.3 Å². The summed E-state index contributed by atoms with van der Waals surface area (Å²) in [6, 6.07) is 8.60. The second-order valence-electron chi connectivity index (χ2n) is 2.44. The second-order valence-corrected chi connectivity index (χ2v) is 3.88. The van der Waals surface area contributed by atoms with Crippen LogP contribution in [0.4, 0.5) is 0 Å². The van der Waals surface area contributed by atoms with Crippen LogP contribution in [0.25, 0.3) is 0 Å². The Kier molecular flexibility index (Phi) is 4.74. The first kappa shape index (κ1) is 12.2. The van der Waals surface area contributed by atoms with Gasteiger partial charge in [0.2, 0.25) is 0 Å². The molecule has 0 atom stereocenters. The predicted molar refractivity (Wildman–Crippen MR) is 55.0 cm³/mol. The van der Waals surface area contributed by atoms with Gasteiger partial charge in [-0.3, -0.25) is 0 Å². The van der Waals surface area contributed by atoms with Crippen LogP contribution >= 0.6 is 7.82 Å². The maximum Gasteiger partial charge on any atom is 0.563 e. The average Bonchev–Trinajstić information content (AvgIpc) is 2.19. The van der Waals surface area contributed by atoms with Crippen LogP contribution in [-0.2, 0) is 13.8 Å². The SMILES string of the molecule is CNOP(=O)(ONC)Oc1ccccc1. The molecular weight excluding hydrogens is 219 g/mol. The number of hydrogen-bond donors (Lipinski definition) is 2. The number of phosphoric acid groups is 1. The van der Waals surface area contributed by atoms with E-state index in [1.165, 1.54) is 14.1 Å². The molecular formula is C8H13N2O4P. The lowest BCUT2D eigenvalue weighted by atomic mass is 10.3. The number of hydroxylamine groups is 2. The van der Waals surface area contributed by atoms with E-state index in [0.29, 0.717) is 5.75 Å². The van der Waals surface area contributed by atoms with E-state index >= 15 is 0 Å². The standard InChI is InChI=1S/C8H13N2O4P/c1-9-13-15(11,14-10-2)12-8-6-4-3-5-7-8/h3-7,9-10H,1-2H3. The van der Waals surface area contributed by atoms with Crippen molar-refractivity contribution in [2.45, 2.75) is 0 Å². The summed E-state index contributed by atoms with van der Waals surface area (Å²) >= 11 is 0. The Bertz CT molecular complexity index is 323. The largest absolute Gasteiger partial charge is 0.563 e. The fourth-order valence-electron chi connectivity index (χ4n) is 0.890. The summed E-state index contributed by atoms with van der Waals surface area (Å²) in [7, 11) is -0.747. The first-order chi connectivity index (χ1) is 7.20. The molecule has 0 unspecified atom stereocenters. The minimum atomic E-state index is -3.66. The first-order valence-corrected chi connectivity index (χ1v) is 5.71. The molecule has 1 aromatic rings. The van der Waals surface area contributed by atoms with Gasteiger partial charge in [0.05, 0.1) is 0 Å². The van der Waals surface area contributed by atoms with Crippen molar-refractivity contribution in [1.29, 1.82) is 0 Å². The maximum atomic E-state index is 11.8. The smallest absolute Gasteiger partial charge is 0.402 e. The Hall–Kier alpha value is -0.910. The van der Waals surface area contributed by atoms with Crippen LogP contribution in [0.2, 0.25) is 0 Å². The highest BCUT2D eigenvalue weighted by Crippen LogP contribution is 2.47. The van der Waals surface area contributed by atoms with Gasteiger partial charge in [0.25, 0.3) is 0 Å². The highest BCUT2D eigenvalue weighted by molar-refractivity contribution is 7.48. The molecule has 0 spiro atoms. The average molecular weight is 232 g/mol. The molecule has 0 aliphatic heterocycles. The third kappa shape index (κ3) is 3.99. The van der Waals surface area contributed by atoms with Crippen molar-refractivity contribution in [2.24, 2.45) is 0 Å². The van der Waals surface area contributed by atoms with E-state index in [9.17, 15) is 4.57 Å². The van der Waals surface area contributed by atoms with Gasteiger partial charge >= 0.3 is 7.82 Å². The lowest BCUT2D eigenvalue weighted by Gasteiger charge is -2.15. The topological polar surface area (TPSA) is 68.8 Å². The third-order valence-electron chi connectivity index (χ3n) is 1.37. The van der Waals surface area contributed by atoms with E-state index in [1.807, 2.05) is 6.07 Å². The zero-order valence-corrected chi connectivity index (χ0v) is 9.36.